The Kier molecular flexibility index (Phi) is 6.84. The molecule has 9 nitrogen and oxygen atoms in total. The van der Waals surface area contributed by atoms with Gasteiger partial charge in [-0.3, -0.25) is 4.79 Å². The van der Waals surface area contributed by atoms with Gasteiger partial charge in [-0.1, -0.05) is 18.5 Å². The quantitative estimate of drug-likeness (QED) is 0.384. The number of hydrogen-bond acceptors (Lipinski definition) is 8. The first-order valence-corrected chi connectivity index (χ1v) is 12.5. The van der Waals surface area contributed by atoms with Crippen molar-refractivity contribution in [3.05, 3.63) is 39.8 Å². The number of rotatable bonds is 8. The van der Waals surface area contributed by atoms with Crippen molar-refractivity contribution < 1.29 is 18.3 Å². The van der Waals surface area contributed by atoms with E-state index >= 15 is 0 Å². The maximum absolute atomic E-state index is 14.9. The molecule has 3 heterocycles. The molecule has 1 aromatic carbocycles. The van der Waals surface area contributed by atoms with Gasteiger partial charge in [-0.25, -0.2) is 13.8 Å². The van der Waals surface area contributed by atoms with Gasteiger partial charge in [0.1, 0.15) is 5.02 Å². The zero-order valence-corrected chi connectivity index (χ0v) is 21.5. The number of hydrogen-bond donors (Lipinski definition) is 3. The van der Waals surface area contributed by atoms with Crippen molar-refractivity contribution in [2.45, 2.75) is 31.7 Å². The number of nitrogens with zero attached hydrogens (tertiary/aromatic N) is 3. The van der Waals surface area contributed by atoms with E-state index in [0.717, 1.165) is 0 Å². The standard InChI is InChI=1S/C25H29ClF2N6O3/c1-13(11-36-3)9-29-24-30-10-17(26)22(33-24)31-15-6-7-18-16(8-15)19-20(23(35)34(18)2)37-12-25(27,28)21(32-19)14-4-5-14/h6-8,10,13-14,21,32H,4-5,9,11-12H2,1-3H3,(H2,29,30,31,33)/t13-,21-/m0/s1. The van der Waals surface area contributed by atoms with Crippen molar-refractivity contribution in [1.29, 1.82) is 0 Å². The van der Waals surface area contributed by atoms with Gasteiger partial charge in [0.15, 0.2) is 12.4 Å². The van der Waals surface area contributed by atoms with E-state index in [2.05, 4.69) is 25.9 Å². The van der Waals surface area contributed by atoms with E-state index in [1.807, 2.05) is 6.92 Å². The molecule has 1 aliphatic heterocycles. The molecule has 1 aliphatic carbocycles. The van der Waals surface area contributed by atoms with Crippen LogP contribution < -0.4 is 26.2 Å². The SMILES string of the molecule is COC[C@@H](C)CNc1ncc(Cl)c(Nc2ccc3c(c2)c2c(c(=O)n3C)OCC(F)(F)[C@H](C3CC3)N2)n1. The van der Waals surface area contributed by atoms with E-state index in [9.17, 15) is 13.6 Å². The molecule has 1 fully saturated rings. The Morgan fingerprint density at radius 1 is 1.38 bits per heavy atom. The van der Waals surface area contributed by atoms with Crippen molar-refractivity contribution in [3.8, 4) is 5.75 Å². The molecule has 198 valence electrons. The second-order valence-corrected chi connectivity index (χ2v) is 10.2. The van der Waals surface area contributed by atoms with Gasteiger partial charge < -0.3 is 30.0 Å². The van der Waals surface area contributed by atoms with Crippen LogP contribution in [-0.4, -0.2) is 53.4 Å². The molecule has 1 saturated carbocycles. The van der Waals surface area contributed by atoms with Crippen LogP contribution in [0, 0.1) is 11.8 Å². The molecule has 2 aromatic heterocycles. The summed E-state index contributed by atoms with van der Waals surface area (Å²) < 4.78 is 41.7. The Bertz CT molecular complexity index is 1380. The zero-order chi connectivity index (χ0) is 26.3. The lowest BCUT2D eigenvalue weighted by Gasteiger charge is -2.25. The van der Waals surface area contributed by atoms with Gasteiger partial charge in [0.25, 0.3) is 5.56 Å². The molecule has 0 bridgehead atoms. The van der Waals surface area contributed by atoms with Crippen LogP contribution in [-0.2, 0) is 11.8 Å². The number of fused-ring (bicyclic) bond motifs is 3. The molecule has 37 heavy (non-hydrogen) atoms. The third-order valence-electron chi connectivity index (χ3n) is 6.68. The van der Waals surface area contributed by atoms with E-state index < -0.39 is 24.1 Å². The average molecular weight is 535 g/mol. The number of anilines is 4. The largest absolute Gasteiger partial charge is 0.480 e. The number of ether oxygens (including phenoxy) is 2. The smallest absolute Gasteiger partial charge is 0.301 e. The van der Waals surface area contributed by atoms with Crippen LogP contribution in [0.2, 0.25) is 5.02 Å². The zero-order valence-electron chi connectivity index (χ0n) is 20.8. The maximum atomic E-state index is 14.9. The highest BCUT2D eigenvalue weighted by molar-refractivity contribution is 6.32. The number of nitrogens with one attached hydrogen (secondary N) is 3. The highest BCUT2D eigenvalue weighted by Crippen LogP contribution is 2.45. The summed E-state index contributed by atoms with van der Waals surface area (Å²) in [4.78, 5) is 21.7. The fourth-order valence-corrected chi connectivity index (χ4v) is 4.71. The lowest BCUT2D eigenvalue weighted by molar-refractivity contribution is -0.0579. The Morgan fingerprint density at radius 2 is 2.16 bits per heavy atom. The van der Waals surface area contributed by atoms with Gasteiger partial charge in [-0.15, -0.1) is 0 Å². The van der Waals surface area contributed by atoms with Crippen molar-refractivity contribution in [3.63, 3.8) is 0 Å². The molecule has 0 saturated heterocycles. The van der Waals surface area contributed by atoms with Gasteiger partial charge in [0, 0.05) is 31.8 Å². The molecule has 0 amide bonds. The summed E-state index contributed by atoms with van der Waals surface area (Å²) in [6.07, 6.45) is 2.92. The average Bonchev–Trinajstić information content (AvgIpc) is 3.71. The fraction of sp³-hybridized carbons (Fsp3) is 0.480. The number of aromatic nitrogens is 3. The first-order valence-electron chi connectivity index (χ1n) is 12.1. The van der Waals surface area contributed by atoms with Crippen LogP contribution in [0.3, 0.4) is 0 Å². The number of halogens is 3. The first-order chi connectivity index (χ1) is 17.7. The maximum Gasteiger partial charge on any atom is 0.301 e. The van der Waals surface area contributed by atoms with Crippen LogP contribution in [0.5, 0.6) is 5.75 Å². The van der Waals surface area contributed by atoms with Crippen LogP contribution in [0.25, 0.3) is 10.9 Å². The Balaban J connectivity index is 1.49. The number of methoxy groups -OCH3 is 1. The number of alkyl halides is 2. The molecule has 12 heteroatoms. The third kappa shape index (κ3) is 5.15. The molecule has 0 spiro atoms. The van der Waals surface area contributed by atoms with Crippen molar-refractivity contribution in [2.24, 2.45) is 18.9 Å². The van der Waals surface area contributed by atoms with Crippen molar-refractivity contribution in [1.82, 2.24) is 14.5 Å². The monoisotopic (exact) mass is 534 g/mol. The number of pyridine rings is 1. The number of aryl methyl sites for hydroxylation is 1. The van der Waals surface area contributed by atoms with Gasteiger partial charge in [0.2, 0.25) is 11.7 Å². The third-order valence-corrected chi connectivity index (χ3v) is 6.95. The molecular weight excluding hydrogens is 506 g/mol. The molecule has 3 aromatic rings. The summed E-state index contributed by atoms with van der Waals surface area (Å²) in [6, 6.07) is 4.18. The van der Waals surface area contributed by atoms with Gasteiger partial charge in [0.05, 0.1) is 30.0 Å². The minimum Gasteiger partial charge on any atom is -0.480 e. The topological polar surface area (TPSA) is 102 Å². The van der Waals surface area contributed by atoms with Crippen molar-refractivity contribution >= 4 is 45.6 Å². The molecule has 2 aliphatic rings. The van der Waals surface area contributed by atoms with Crippen molar-refractivity contribution in [2.75, 3.05) is 42.8 Å². The lowest BCUT2D eigenvalue weighted by Crippen LogP contribution is -2.44. The Morgan fingerprint density at radius 3 is 2.89 bits per heavy atom. The van der Waals surface area contributed by atoms with E-state index in [4.69, 9.17) is 21.1 Å². The summed E-state index contributed by atoms with van der Waals surface area (Å²) in [6.45, 7) is 2.41. The van der Waals surface area contributed by atoms with Gasteiger partial charge in [-0.2, -0.15) is 4.98 Å². The molecule has 5 rings (SSSR count). The number of benzene rings is 1. The fourth-order valence-electron chi connectivity index (χ4n) is 4.57. The summed E-state index contributed by atoms with van der Waals surface area (Å²) in [5, 5.41) is 10.2. The highest BCUT2D eigenvalue weighted by atomic mass is 35.5. The minimum atomic E-state index is -3.11. The molecular formula is C25H29ClF2N6O3. The Hall–Kier alpha value is -3.18. The van der Waals surface area contributed by atoms with E-state index in [1.54, 1.807) is 32.4 Å². The highest BCUT2D eigenvalue weighted by Gasteiger charge is 2.51. The molecule has 0 unspecified atom stereocenters. The lowest BCUT2D eigenvalue weighted by atomic mass is 10.0. The summed E-state index contributed by atoms with van der Waals surface area (Å²) >= 11 is 6.36. The molecule has 3 N–H and O–H groups in total. The van der Waals surface area contributed by atoms with Crippen LogP contribution in [0.4, 0.5) is 31.9 Å². The summed E-state index contributed by atoms with van der Waals surface area (Å²) in [5.41, 5.74) is 0.987. The van der Waals surface area contributed by atoms with E-state index in [-0.39, 0.29) is 23.3 Å². The summed E-state index contributed by atoms with van der Waals surface area (Å²) in [7, 11) is 3.24. The van der Waals surface area contributed by atoms with Crippen LogP contribution in [0.1, 0.15) is 19.8 Å². The molecule has 2 atom stereocenters. The predicted octanol–water partition coefficient (Wildman–Crippen LogP) is 4.64. The van der Waals surface area contributed by atoms with Crippen LogP contribution in [0.15, 0.2) is 29.2 Å². The van der Waals surface area contributed by atoms with Gasteiger partial charge in [-0.05, 0) is 42.9 Å². The van der Waals surface area contributed by atoms with E-state index in [0.29, 0.717) is 59.4 Å². The minimum absolute atomic E-state index is 0.105. The second-order valence-electron chi connectivity index (χ2n) is 9.77. The van der Waals surface area contributed by atoms with Crippen LogP contribution >= 0.6 is 11.6 Å². The van der Waals surface area contributed by atoms with E-state index in [1.165, 1.54) is 10.8 Å². The predicted molar refractivity (Wildman–Crippen MR) is 140 cm³/mol. The molecule has 0 radical (unpaired) electrons. The Labute approximate surface area is 217 Å². The summed E-state index contributed by atoms with van der Waals surface area (Å²) in [5.74, 6) is -2.35. The van der Waals surface area contributed by atoms with Gasteiger partial charge >= 0.3 is 5.92 Å². The second kappa shape index (κ2) is 9.94. The normalized spacial score (nSPS) is 19.4. The first kappa shape index (κ1) is 25.5.